The molecular formula is C30H33F2N4PS. The number of nitrogens with one attached hydrogen (secondary N) is 2. The van der Waals surface area contributed by atoms with Crippen LogP contribution in [0.15, 0.2) is 117 Å². The molecule has 1 atom stereocenters. The Kier molecular flexibility index (Phi) is 11.3. The van der Waals surface area contributed by atoms with Crippen molar-refractivity contribution in [1.29, 1.82) is 0 Å². The van der Waals surface area contributed by atoms with Crippen molar-refractivity contribution in [3.8, 4) is 0 Å². The van der Waals surface area contributed by atoms with Crippen LogP contribution in [0, 0.1) is 6.92 Å². The van der Waals surface area contributed by atoms with Gasteiger partial charge in [0.15, 0.2) is 0 Å². The molecule has 0 saturated heterocycles. The second kappa shape index (κ2) is 14.6. The zero-order chi connectivity index (χ0) is 27.5. The zero-order valence-electron chi connectivity index (χ0n) is 22.1. The molecule has 0 radical (unpaired) electrons. The van der Waals surface area contributed by atoms with Crippen LogP contribution >= 0.6 is 20.5 Å². The maximum atomic E-state index is 13.7. The lowest BCUT2D eigenvalue weighted by atomic mass is 10.0. The molecule has 0 bridgehead atoms. The zero-order valence-corrected chi connectivity index (χ0v) is 23.9. The largest absolute Gasteiger partial charge is 0.383 e. The first-order valence-electron chi connectivity index (χ1n) is 12.2. The third-order valence-electron chi connectivity index (χ3n) is 5.73. The molecule has 1 heterocycles. The van der Waals surface area contributed by atoms with Crippen molar-refractivity contribution in [2.45, 2.75) is 27.3 Å². The van der Waals surface area contributed by atoms with E-state index >= 15 is 0 Å². The molecule has 0 aliphatic carbocycles. The summed E-state index contributed by atoms with van der Waals surface area (Å²) in [4.78, 5) is 9.74. The lowest BCUT2D eigenvalue weighted by Gasteiger charge is -2.13. The number of halogens is 2. The van der Waals surface area contributed by atoms with E-state index in [1.807, 2.05) is 49.5 Å². The van der Waals surface area contributed by atoms with Crippen molar-refractivity contribution in [1.82, 2.24) is 5.32 Å². The lowest BCUT2D eigenvalue weighted by Crippen LogP contribution is -2.17. The molecule has 198 valence electrons. The van der Waals surface area contributed by atoms with Gasteiger partial charge in [0.05, 0.1) is 17.2 Å². The number of rotatable bonds is 10. The smallest absolute Gasteiger partial charge is 0.131 e. The third kappa shape index (κ3) is 8.64. The molecule has 0 fully saturated rings. The number of aryl methyl sites for hydroxylation is 1. The molecule has 1 unspecified atom stereocenters. The molecule has 0 amide bonds. The van der Waals surface area contributed by atoms with Gasteiger partial charge >= 0.3 is 0 Å². The van der Waals surface area contributed by atoms with E-state index in [9.17, 15) is 8.78 Å². The Labute approximate surface area is 230 Å². The first kappa shape index (κ1) is 29.3. The van der Waals surface area contributed by atoms with Gasteiger partial charge in [-0.15, -0.1) is 0 Å². The highest BCUT2D eigenvalue weighted by Crippen LogP contribution is 2.28. The van der Waals surface area contributed by atoms with E-state index in [1.54, 1.807) is 6.92 Å². The fraction of sp³-hybridized carbons (Fsp3) is 0.200. The van der Waals surface area contributed by atoms with E-state index in [0.29, 0.717) is 21.7 Å². The molecular weight excluding hydrogens is 517 g/mol. The van der Waals surface area contributed by atoms with Crippen molar-refractivity contribution >= 4 is 38.1 Å². The number of hydrogen-bond acceptors (Lipinski definition) is 5. The normalized spacial score (nSPS) is 19.7. The van der Waals surface area contributed by atoms with E-state index in [2.05, 4.69) is 53.4 Å². The van der Waals surface area contributed by atoms with Crippen molar-refractivity contribution in [2.24, 2.45) is 9.98 Å². The van der Waals surface area contributed by atoms with E-state index in [4.69, 9.17) is 4.99 Å². The quantitative estimate of drug-likeness (QED) is 0.177. The predicted octanol–water partition coefficient (Wildman–Crippen LogP) is 8.38. The standard InChI is InChI=1S/C30H33F2N4PS/c1-6-24(32)15-30(21(3)31)38-36-25-13-11-23(12-14-25)17-34-26-16-28(27-10-8-7-9-20(27)2)35-22(4)29(37-5)19-33-18-26/h6-16,19,34,36-37H,3,17-18H2,1-2,4-5H3/b24-6+,26-16+,29-22-,30-15+,33-19?,35-28-. The maximum absolute atomic E-state index is 13.7. The monoisotopic (exact) mass is 550 g/mol. The second-order valence-corrected chi connectivity index (χ2v) is 10.4. The molecule has 2 aromatic carbocycles. The van der Waals surface area contributed by atoms with Crippen molar-refractivity contribution in [3.05, 3.63) is 123 Å². The van der Waals surface area contributed by atoms with Gasteiger partial charge in [-0.3, -0.25) is 9.98 Å². The van der Waals surface area contributed by atoms with Crippen LogP contribution in [0.1, 0.15) is 30.5 Å². The van der Waals surface area contributed by atoms with Gasteiger partial charge in [-0.05, 0) is 74.8 Å². The van der Waals surface area contributed by atoms with Crippen molar-refractivity contribution < 1.29 is 8.78 Å². The number of hydrogen-bond donors (Lipinski definition) is 2. The van der Waals surface area contributed by atoms with Gasteiger partial charge in [0.2, 0.25) is 0 Å². The summed E-state index contributed by atoms with van der Waals surface area (Å²) in [5.41, 5.74) is 6.95. The van der Waals surface area contributed by atoms with E-state index in [1.165, 1.54) is 11.6 Å². The van der Waals surface area contributed by atoms with Crippen molar-refractivity contribution in [3.63, 3.8) is 0 Å². The third-order valence-corrected chi connectivity index (χ3v) is 7.65. The summed E-state index contributed by atoms with van der Waals surface area (Å²) in [5, 5.41) is 4.67. The number of aliphatic imine (C=N–C) groups is 2. The molecule has 1 aliphatic rings. The Hall–Kier alpha value is -3.28. The summed E-state index contributed by atoms with van der Waals surface area (Å²) in [5.74, 6) is -1.22. The molecule has 0 aromatic heterocycles. The lowest BCUT2D eigenvalue weighted by molar-refractivity contribution is 0.650. The van der Waals surface area contributed by atoms with Crippen LogP contribution in [0.25, 0.3) is 0 Å². The van der Waals surface area contributed by atoms with Gasteiger partial charge in [-0.1, -0.05) is 57.6 Å². The fourth-order valence-electron chi connectivity index (χ4n) is 3.56. The summed E-state index contributed by atoms with van der Waals surface area (Å²) in [7, 11) is 0.607. The van der Waals surface area contributed by atoms with E-state index < -0.39 is 11.7 Å². The van der Waals surface area contributed by atoms with Gasteiger partial charge in [0, 0.05) is 40.7 Å². The highest BCUT2D eigenvalue weighted by atomic mass is 32.2. The van der Waals surface area contributed by atoms with Gasteiger partial charge in [0.25, 0.3) is 0 Å². The summed E-state index contributed by atoms with van der Waals surface area (Å²) in [6.45, 7) is 12.2. The molecule has 1 aliphatic heterocycles. The van der Waals surface area contributed by atoms with Crippen LogP contribution in [0.5, 0.6) is 0 Å². The molecule has 0 spiro atoms. The van der Waals surface area contributed by atoms with Crippen LogP contribution in [0.2, 0.25) is 0 Å². The van der Waals surface area contributed by atoms with Gasteiger partial charge < -0.3 is 10.0 Å². The van der Waals surface area contributed by atoms with Gasteiger partial charge in [0.1, 0.15) is 11.7 Å². The summed E-state index contributed by atoms with van der Waals surface area (Å²) >= 11 is 0.975. The Bertz CT molecular complexity index is 1340. The Morgan fingerprint density at radius 1 is 1.13 bits per heavy atom. The minimum atomic E-state index is -0.697. The summed E-state index contributed by atoms with van der Waals surface area (Å²) in [6.07, 6.45) is 6.39. The second-order valence-electron chi connectivity index (χ2n) is 8.54. The maximum Gasteiger partial charge on any atom is 0.131 e. The Morgan fingerprint density at radius 2 is 1.87 bits per heavy atom. The van der Waals surface area contributed by atoms with Crippen LogP contribution in [0.3, 0.4) is 0 Å². The average Bonchev–Trinajstić information content (AvgIpc) is 2.99. The number of allylic oxidation sites excluding steroid dienone is 7. The molecule has 2 N–H and O–H groups in total. The van der Waals surface area contributed by atoms with Crippen LogP contribution < -0.4 is 10.0 Å². The van der Waals surface area contributed by atoms with E-state index in [-0.39, 0.29) is 4.91 Å². The SMILES string of the molecule is C=C(F)/C(=C\C(F)=C/C)SNc1ccc(CN/C2=C/C(c3ccccc3C)=N/C(C)=C(\PC)C=NC2)cc1. The van der Waals surface area contributed by atoms with E-state index in [0.717, 1.165) is 57.3 Å². The molecule has 0 saturated carbocycles. The molecule has 4 nitrogen and oxygen atoms in total. The predicted molar refractivity (Wildman–Crippen MR) is 164 cm³/mol. The van der Waals surface area contributed by atoms with Crippen LogP contribution in [-0.2, 0) is 6.54 Å². The van der Waals surface area contributed by atoms with Crippen LogP contribution in [-0.4, -0.2) is 25.1 Å². The number of nitrogens with zero attached hydrogens (tertiary/aromatic N) is 2. The summed E-state index contributed by atoms with van der Waals surface area (Å²) in [6, 6.07) is 16.0. The van der Waals surface area contributed by atoms with Crippen LogP contribution in [0.4, 0.5) is 14.5 Å². The molecule has 2 aromatic rings. The molecule has 38 heavy (non-hydrogen) atoms. The highest BCUT2D eigenvalue weighted by Gasteiger charge is 2.10. The Morgan fingerprint density at radius 3 is 2.53 bits per heavy atom. The first-order valence-corrected chi connectivity index (χ1v) is 14.5. The fourth-order valence-corrected chi connectivity index (χ4v) is 4.84. The average molecular weight is 551 g/mol. The topological polar surface area (TPSA) is 48.8 Å². The summed E-state index contributed by atoms with van der Waals surface area (Å²) < 4.78 is 30.2. The minimum absolute atomic E-state index is 0.0849. The number of benzene rings is 2. The first-order chi connectivity index (χ1) is 18.3. The minimum Gasteiger partial charge on any atom is -0.383 e. The highest BCUT2D eigenvalue weighted by molar-refractivity contribution is 8.04. The molecule has 8 heteroatoms. The van der Waals surface area contributed by atoms with Gasteiger partial charge in [-0.25, -0.2) is 8.78 Å². The molecule has 3 rings (SSSR count). The van der Waals surface area contributed by atoms with Crippen molar-refractivity contribution in [2.75, 3.05) is 17.9 Å². The van der Waals surface area contributed by atoms with Gasteiger partial charge in [-0.2, -0.15) is 0 Å². The number of anilines is 1. The Balaban J connectivity index is 1.74.